The number of unbranched alkanes of at least 4 members (excludes halogenated alkanes) is 36. The Labute approximate surface area is 428 Å². The molecule has 0 aliphatic carbocycles. The summed E-state index contributed by atoms with van der Waals surface area (Å²) in [5.74, 6) is -0.876. The van der Waals surface area contributed by atoms with Crippen molar-refractivity contribution in [1.82, 2.24) is 0 Å². The lowest BCUT2D eigenvalue weighted by atomic mass is 10.1. The Bertz CT molecular complexity index is 1200. The first-order chi connectivity index (χ1) is 34.0. The van der Waals surface area contributed by atoms with Crippen LogP contribution in [-0.4, -0.2) is 37.2 Å². The van der Waals surface area contributed by atoms with Crippen LogP contribution in [0.5, 0.6) is 0 Å². The van der Waals surface area contributed by atoms with E-state index in [0.29, 0.717) is 19.3 Å². The van der Waals surface area contributed by atoms with E-state index in [1.54, 1.807) is 0 Å². The van der Waals surface area contributed by atoms with Crippen molar-refractivity contribution in [3.8, 4) is 0 Å². The molecule has 0 saturated heterocycles. The van der Waals surface area contributed by atoms with Gasteiger partial charge in [-0.05, 0) is 103 Å². The predicted octanol–water partition coefficient (Wildman–Crippen LogP) is 20.2. The van der Waals surface area contributed by atoms with Gasteiger partial charge in [0.2, 0.25) is 0 Å². The highest BCUT2D eigenvalue weighted by Crippen LogP contribution is 2.16. The van der Waals surface area contributed by atoms with Crippen molar-refractivity contribution in [3.63, 3.8) is 0 Å². The Morgan fingerprint density at radius 1 is 0.290 bits per heavy atom. The molecule has 0 aromatic rings. The fourth-order valence-electron chi connectivity index (χ4n) is 8.70. The third kappa shape index (κ3) is 56.2. The maximum atomic E-state index is 12.9. The lowest BCUT2D eigenvalue weighted by Gasteiger charge is -2.18. The lowest BCUT2D eigenvalue weighted by molar-refractivity contribution is -0.167. The highest BCUT2D eigenvalue weighted by Gasteiger charge is 2.19. The molecule has 0 amide bonds. The second-order valence-corrected chi connectivity index (χ2v) is 20.2. The Morgan fingerprint density at radius 2 is 0.522 bits per heavy atom. The second kappa shape index (κ2) is 57.9. The molecule has 0 aliphatic heterocycles. The lowest BCUT2D eigenvalue weighted by Crippen LogP contribution is -2.30. The largest absolute Gasteiger partial charge is 0.462 e. The summed E-state index contributed by atoms with van der Waals surface area (Å²) in [6, 6.07) is 0. The molecule has 0 rings (SSSR count). The van der Waals surface area contributed by atoms with Crippen molar-refractivity contribution in [1.29, 1.82) is 0 Å². The first-order valence-corrected chi connectivity index (χ1v) is 30.1. The van der Waals surface area contributed by atoms with Gasteiger partial charge in [-0.25, -0.2) is 0 Å². The van der Waals surface area contributed by atoms with Crippen LogP contribution in [0.25, 0.3) is 0 Å². The smallest absolute Gasteiger partial charge is 0.306 e. The van der Waals surface area contributed by atoms with Gasteiger partial charge in [0.05, 0.1) is 0 Å². The van der Waals surface area contributed by atoms with E-state index >= 15 is 0 Å². The van der Waals surface area contributed by atoms with E-state index in [1.165, 1.54) is 205 Å². The quantitative estimate of drug-likeness (QED) is 0.0262. The third-order valence-corrected chi connectivity index (χ3v) is 13.3. The molecular formula is C63H114O6. The highest BCUT2D eigenvalue weighted by atomic mass is 16.6. The van der Waals surface area contributed by atoms with Gasteiger partial charge in [-0.15, -0.1) is 0 Å². The number of hydrogen-bond acceptors (Lipinski definition) is 6. The van der Waals surface area contributed by atoms with E-state index in [9.17, 15) is 14.4 Å². The maximum absolute atomic E-state index is 12.9. The fraction of sp³-hybridized carbons (Fsp3) is 0.825. The molecule has 1 atom stereocenters. The summed E-state index contributed by atoms with van der Waals surface area (Å²) in [6.45, 7) is 6.62. The molecule has 0 heterocycles. The van der Waals surface area contributed by atoms with Gasteiger partial charge in [0, 0.05) is 19.3 Å². The van der Waals surface area contributed by atoms with Crippen LogP contribution in [0.2, 0.25) is 0 Å². The molecule has 6 heteroatoms. The molecular weight excluding hydrogens is 853 g/mol. The van der Waals surface area contributed by atoms with Crippen molar-refractivity contribution in [3.05, 3.63) is 48.6 Å². The van der Waals surface area contributed by atoms with Gasteiger partial charge < -0.3 is 14.2 Å². The van der Waals surface area contributed by atoms with Crippen LogP contribution in [0.1, 0.15) is 316 Å². The van der Waals surface area contributed by atoms with Crippen molar-refractivity contribution in [2.75, 3.05) is 13.2 Å². The molecule has 0 spiro atoms. The Balaban J connectivity index is 4.36. The van der Waals surface area contributed by atoms with Gasteiger partial charge in [-0.2, -0.15) is 0 Å². The number of allylic oxidation sites excluding steroid dienone is 8. The molecule has 0 saturated carbocycles. The number of carbonyl (C=O) groups is 3. The van der Waals surface area contributed by atoms with Gasteiger partial charge in [0.1, 0.15) is 13.2 Å². The molecule has 402 valence electrons. The summed E-state index contributed by atoms with van der Waals surface area (Å²) in [4.78, 5) is 38.2. The van der Waals surface area contributed by atoms with Crippen LogP contribution in [0.15, 0.2) is 48.6 Å². The van der Waals surface area contributed by atoms with Gasteiger partial charge in [-0.1, -0.05) is 243 Å². The molecule has 0 aromatic heterocycles. The van der Waals surface area contributed by atoms with E-state index < -0.39 is 6.10 Å². The monoisotopic (exact) mass is 967 g/mol. The molecule has 0 bridgehead atoms. The Hall–Kier alpha value is -2.63. The van der Waals surface area contributed by atoms with Crippen LogP contribution in [-0.2, 0) is 28.6 Å². The van der Waals surface area contributed by atoms with E-state index in [2.05, 4.69) is 69.4 Å². The van der Waals surface area contributed by atoms with E-state index in [4.69, 9.17) is 14.2 Å². The van der Waals surface area contributed by atoms with Gasteiger partial charge in [0.15, 0.2) is 6.10 Å². The summed E-state index contributed by atoms with van der Waals surface area (Å²) >= 11 is 0. The summed E-state index contributed by atoms with van der Waals surface area (Å²) in [7, 11) is 0. The zero-order valence-corrected chi connectivity index (χ0v) is 46.1. The normalized spacial score (nSPS) is 12.3. The average Bonchev–Trinajstić information content (AvgIpc) is 3.35. The first kappa shape index (κ1) is 66.4. The number of hydrogen-bond donors (Lipinski definition) is 0. The first-order valence-electron chi connectivity index (χ1n) is 30.1. The minimum absolute atomic E-state index is 0.0769. The standard InChI is InChI=1S/C63H114O6/c1-4-7-10-13-16-19-22-25-28-30-31-33-35-38-41-44-47-50-53-56-62(65)68-59-60(58-67-61(64)55-52-49-46-43-40-37-34-27-24-21-18-15-12-9-6-3)69-63(66)57-54-51-48-45-42-39-36-32-29-26-23-20-17-14-11-8-5-2/h17,20-21,24-26,28-29,60H,4-16,18-19,22-23,27,30-59H2,1-3H3/b20-17+,24-21+,28-25+,29-26+/t60-/m1/s1. The summed E-state index contributed by atoms with van der Waals surface area (Å²) < 4.78 is 16.9. The van der Waals surface area contributed by atoms with E-state index in [1.807, 2.05) is 0 Å². The number of ether oxygens (including phenoxy) is 3. The summed E-state index contributed by atoms with van der Waals surface area (Å²) in [6.07, 6.45) is 71.0. The zero-order valence-electron chi connectivity index (χ0n) is 46.1. The Morgan fingerprint density at radius 3 is 0.855 bits per heavy atom. The van der Waals surface area contributed by atoms with Gasteiger partial charge >= 0.3 is 17.9 Å². The van der Waals surface area contributed by atoms with Crippen molar-refractivity contribution in [2.45, 2.75) is 322 Å². The second-order valence-electron chi connectivity index (χ2n) is 20.2. The minimum atomic E-state index is -0.779. The molecule has 0 N–H and O–H groups in total. The molecule has 0 radical (unpaired) electrons. The van der Waals surface area contributed by atoms with E-state index in [0.717, 1.165) is 70.6 Å². The number of rotatable bonds is 55. The molecule has 0 fully saturated rings. The zero-order chi connectivity index (χ0) is 50.0. The molecule has 6 nitrogen and oxygen atoms in total. The number of carbonyl (C=O) groups excluding carboxylic acids is 3. The predicted molar refractivity (Wildman–Crippen MR) is 298 cm³/mol. The van der Waals surface area contributed by atoms with Crippen LogP contribution in [0.3, 0.4) is 0 Å². The summed E-state index contributed by atoms with van der Waals surface area (Å²) in [5.41, 5.74) is 0. The van der Waals surface area contributed by atoms with Gasteiger partial charge in [-0.3, -0.25) is 14.4 Å². The van der Waals surface area contributed by atoms with E-state index in [-0.39, 0.29) is 31.1 Å². The average molecular weight is 968 g/mol. The topological polar surface area (TPSA) is 78.9 Å². The minimum Gasteiger partial charge on any atom is -0.462 e. The highest BCUT2D eigenvalue weighted by molar-refractivity contribution is 5.71. The van der Waals surface area contributed by atoms with Crippen molar-refractivity contribution >= 4 is 17.9 Å². The van der Waals surface area contributed by atoms with Crippen LogP contribution >= 0.6 is 0 Å². The molecule has 69 heavy (non-hydrogen) atoms. The third-order valence-electron chi connectivity index (χ3n) is 13.3. The SMILES string of the molecule is CCCCC/C=C/C/C=C/CCCCCCCCCC(=O)O[C@H](COC(=O)CCCCCCCCC/C=C/CCCCCC)COC(=O)CCCCCCCCCCC/C=C/CCCCCCCC. The maximum Gasteiger partial charge on any atom is 0.306 e. The molecule has 0 aliphatic rings. The number of esters is 3. The fourth-order valence-corrected chi connectivity index (χ4v) is 8.70. The summed E-state index contributed by atoms with van der Waals surface area (Å²) in [5, 5.41) is 0. The molecule has 0 unspecified atom stereocenters. The van der Waals surface area contributed by atoms with Crippen LogP contribution in [0.4, 0.5) is 0 Å². The Kier molecular flexibility index (Phi) is 55.7. The van der Waals surface area contributed by atoms with Crippen LogP contribution < -0.4 is 0 Å². The van der Waals surface area contributed by atoms with Gasteiger partial charge in [0.25, 0.3) is 0 Å². The van der Waals surface area contributed by atoms with Crippen LogP contribution in [0, 0.1) is 0 Å². The van der Waals surface area contributed by atoms with Crippen molar-refractivity contribution in [2.24, 2.45) is 0 Å². The molecule has 0 aromatic carbocycles. The van der Waals surface area contributed by atoms with Crippen molar-refractivity contribution < 1.29 is 28.6 Å².